The van der Waals surface area contributed by atoms with Crippen LogP contribution in [0.15, 0.2) is 23.1 Å². The Morgan fingerprint density at radius 3 is 2.67 bits per heavy atom. The molecule has 3 nitrogen and oxygen atoms in total. The third kappa shape index (κ3) is 3.99. The average molecular weight is 362 g/mol. The van der Waals surface area contributed by atoms with Crippen LogP contribution in [0.5, 0.6) is 0 Å². The number of hydrogen-bond acceptors (Lipinski definition) is 4. The van der Waals surface area contributed by atoms with Gasteiger partial charge in [-0.25, -0.2) is 0 Å². The van der Waals surface area contributed by atoms with Crippen LogP contribution in [-0.4, -0.2) is 35.4 Å². The lowest BCUT2D eigenvalue weighted by Crippen LogP contribution is -2.29. The molecule has 1 aromatic carbocycles. The Kier molecular flexibility index (Phi) is 6.08. The van der Waals surface area contributed by atoms with Gasteiger partial charge >= 0.3 is 0 Å². The van der Waals surface area contributed by atoms with Crippen LogP contribution in [0.2, 0.25) is 10.0 Å². The average Bonchev–Trinajstić information content (AvgIpc) is 2.70. The van der Waals surface area contributed by atoms with E-state index in [1.54, 1.807) is 36.3 Å². The molecule has 1 amide bonds. The molecule has 2 rings (SSSR count). The summed E-state index contributed by atoms with van der Waals surface area (Å²) in [6.07, 6.45) is 2.43. The number of carbonyl (C=O) groups is 1. The lowest BCUT2D eigenvalue weighted by molar-refractivity contribution is -0.122. The van der Waals surface area contributed by atoms with E-state index in [1.165, 1.54) is 11.8 Å². The highest BCUT2D eigenvalue weighted by molar-refractivity contribution is 8.26. The molecule has 1 fully saturated rings. The summed E-state index contributed by atoms with van der Waals surface area (Å²) >= 11 is 18.7. The largest absolute Gasteiger partial charge is 0.385 e. The summed E-state index contributed by atoms with van der Waals surface area (Å²) in [5.41, 5.74) is 0.637. The number of nitrogens with zero attached hydrogens (tertiary/aromatic N) is 1. The molecule has 0 aliphatic carbocycles. The number of hydrogen-bond donors (Lipinski definition) is 0. The second-order valence-electron chi connectivity index (χ2n) is 4.32. The molecule has 112 valence electrons. The van der Waals surface area contributed by atoms with Crippen LogP contribution >= 0.6 is 47.2 Å². The molecule has 0 spiro atoms. The summed E-state index contributed by atoms with van der Waals surface area (Å²) < 4.78 is 5.54. The van der Waals surface area contributed by atoms with Gasteiger partial charge in [-0.15, -0.1) is 0 Å². The van der Waals surface area contributed by atoms with Crippen molar-refractivity contribution >= 4 is 63.5 Å². The molecular formula is C14H13Cl2NO2S2. The van der Waals surface area contributed by atoms with Crippen LogP contribution in [0, 0.1) is 0 Å². The molecule has 7 heteroatoms. The molecule has 1 aliphatic rings. The summed E-state index contributed by atoms with van der Waals surface area (Å²) in [7, 11) is 1.63. The zero-order chi connectivity index (χ0) is 15.4. The first-order chi connectivity index (χ1) is 10.0. The van der Waals surface area contributed by atoms with Gasteiger partial charge < -0.3 is 4.74 Å². The minimum atomic E-state index is -0.114. The molecule has 1 aromatic rings. The molecule has 1 heterocycles. The monoisotopic (exact) mass is 361 g/mol. The number of benzene rings is 1. The number of methoxy groups -OCH3 is 1. The normalized spacial score (nSPS) is 17.1. The Labute approximate surface area is 143 Å². The Morgan fingerprint density at radius 2 is 2.05 bits per heavy atom. The van der Waals surface area contributed by atoms with E-state index in [0.717, 1.165) is 6.42 Å². The van der Waals surface area contributed by atoms with Crippen molar-refractivity contribution in [3.05, 3.63) is 38.7 Å². The van der Waals surface area contributed by atoms with E-state index in [0.29, 0.717) is 38.0 Å². The molecule has 1 aliphatic heterocycles. The van der Waals surface area contributed by atoms with E-state index in [-0.39, 0.29) is 5.91 Å². The van der Waals surface area contributed by atoms with Gasteiger partial charge in [-0.05, 0) is 24.6 Å². The smallest absolute Gasteiger partial charge is 0.266 e. The molecule has 21 heavy (non-hydrogen) atoms. The second-order valence-corrected chi connectivity index (χ2v) is 6.81. The summed E-state index contributed by atoms with van der Waals surface area (Å²) in [4.78, 5) is 14.5. The zero-order valence-electron chi connectivity index (χ0n) is 11.3. The van der Waals surface area contributed by atoms with E-state index in [2.05, 4.69) is 0 Å². The van der Waals surface area contributed by atoms with Gasteiger partial charge in [0.2, 0.25) is 0 Å². The van der Waals surface area contributed by atoms with Gasteiger partial charge in [-0.2, -0.15) is 0 Å². The van der Waals surface area contributed by atoms with Crippen LogP contribution in [0.1, 0.15) is 12.0 Å². The predicted molar refractivity (Wildman–Crippen MR) is 92.8 cm³/mol. The SMILES string of the molecule is COCCCN1C(=O)/C(=C/c2c(Cl)cccc2Cl)SC1=S. The number of thiocarbonyl (C=S) groups is 1. The lowest BCUT2D eigenvalue weighted by atomic mass is 10.2. The standard InChI is InChI=1S/C14H13Cl2NO2S2/c1-19-7-3-6-17-13(18)12(21-14(17)20)8-9-10(15)4-2-5-11(9)16/h2,4-5,8H,3,6-7H2,1H3/b12-8-. The molecule has 0 bridgehead atoms. The molecule has 0 radical (unpaired) electrons. The first-order valence-electron chi connectivity index (χ1n) is 6.23. The molecular weight excluding hydrogens is 349 g/mol. The molecule has 0 unspecified atom stereocenters. The quantitative estimate of drug-likeness (QED) is 0.445. The van der Waals surface area contributed by atoms with Crippen molar-refractivity contribution in [2.24, 2.45) is 0 Å². The van der Waals surface area contributed by atoms with Gasteiger partial charge in [0.05, 0.1) is 4.91 Å². The highest BCUT2D eigenvalue weighted by Gasteiger charge is 2.31. The van der Waals surface area contributed by atoms with Crippen molar-refractivity contribution in [3.63, 3.8) is 0 Å². The third-order valence-electron chi connectivity index (χ3n) is 2.88. The molecule has 0 saturated carbocycles. The van der Waals surface area contributed by atoms with Crippen LogP contribution in [0.3, 0.4) is 0 Å². The van der Waals surface area contributed by atoms with Crippen molar-refractivity contribution in [1.82, 2.24) is 4.90 Å². The first-order valence-corrected chi connectivity index (χ1v) is 8.21. The topological polar surface area (TPSA) is 29.5 Å². The summed E-state index contributed by atoms with van der Waals surface area (Å²) in [5.74, 6) is -0.114. The van der Waals surface area contributed by atoms with Crippen LogP contribution in [-0.2, 0) is 9.53 Å². The summed E-state index contributed by atoms with van der Waals surface area (Å²) in [5, 5.41) is 1.01. The number of carbonyl (C=O) groups excluding carboxylic acids is 1. The van der Waals surface area contributed by atoms with Gasteiger partial charge in [0.15, 0.2) is 0 Å². The fourth-order valence-corrected chi connectivity index (χ4v) is 3.64. The maximum Gasteiger partial charge on any atom is 0.266 e. The van der Waals surface area contributed by atoms with Crippen molar-refractivity contribution in [3.8, 4) is 0 Å². The van der Waals surface area contributed by atoms with Crippen molar-refractivity contribution in [2.75, 3.05) is 20.3 Å². The third-order valence-corrected chi connectivity index (χ3v) is 4.92. The fraction of sp³-hybridized carbons (Fsp3) is 0.286. The van der Waals surface area contributed by atoms with Gasteiger partial charge in [-0.3, -0.25) is 9.69 Å². The Morgan fingerprint density at radius 1 is 1.38 bits per heavy atom. The Balaban J connectivity index is 2.20. The Hall–Kier alpha value is -0.590. The fourth-order valence-electron chi connectivity index (χ4n) is 1.84. The molecule has 0 atom stereocenters. The van der Waals surface area contributed by atoms with Crippen molar-refractivity contribution in [2.45, 2.75) is 6.42 Å². The van der Waals surface area contributed by atoms with E-state index in [1.807, 2.05) is 0 Å². The number of rotatable bonds is 5. The first kappa shape index (κ1) is 16.8. The van der Waals surface area contributed by atoms with E-state index < -0.39 is 0 Å². The highest BCUT2D eigenvalue weighted by atomic mass is 35.5. The minimum Gasteiger partial charge on any atom is -0.385 e. The number of amides is 1. The summed E-state index contributed by atoms with van der Waals surface area (Å²) in [6.45, 7) is 1.14. The van der Waals surface area contributed by atoms with Crippen LogP contribution in [0.4, 0.5) is 0 Å². The van der Waals surface area contributed by atoms with Gasteiger partial charge in [0.25, 0.3) is 5.91 Å². The van der Waals surface area contributed by atoms with Gasteiger partial charge in [0, 0.05) is 35.9 Å². The maximum atomic E-state index is 12.4. The minimum absolute atomic E-state index is 0.114. The molecule has 1 saturated heterocycles. The van der Waals surface area contributed by atoms with Crippen LogP contribution < -0.4 is 0 Å². The predicted octanol–water partition coefficient (Wildman–Crippen LogP) is 4.23. The zero-order valence-corrected chi connectivity index (χ0v) is 14.4. The van der Waals surface area contributed by atoms with E-state index in [9.17, 15) is 4.79 Å². The molecule has 0 aromatic heterocycles. The van der Waals surface area contributed by atoms with Gasteiger partial charge in [0.1, 0.15) is 4.32 Å². The second kappa shape index (κ2) is 7.61. The molecule has 0 N–H and O–H groups in total. The van der Waals surface area contributed by atoms with E-state index in [4.69, 9.17) is 40.2 Å². The van der Waals surface area contributed by atoms with Crippen molar-refractivity contribution in [1.29, 1.82) is 0 Å². The van der Waals surface area contributed by atoms with Crippen molar-refractivity contribution < 1.29 is 9.53 Å². The lowest BCUT2D eigenvalue weighted by Gasteiger charge is -2.13. The Bertz CT molecular complexity index is 584. The highest BCUT2D eigenvalue weighted by Crippen LogP contribution is 2.35. The number of thioether (sulfide) groups is 1. The number of ether oxygens (including phenoxy) is 1. The summed E-state index contributed by atoms with van der Waals surface area (Å²) in [6, 6.07) is 5.23. The van der Waals surface area contributed by atoms with Crippen LogP contribution in [0.25, 0.3) is 6.08 Å². The maximum absolute atomic E-state index is 12.4. The van der Waals surface area contributed by atoms with E-state index >= 15 is 0 Å². The van der Waals surface area contributed by atoms with Gasteiger partial charge in [-0.1, -0.05) is 53.2 Å². The number of halogens is 2.